The number of pyridine rings is 1. The molecule has 4 N–H and O–H groups in total. The first kappa shape index (κ1) is 10.8. The first-order valence-electron chi connectivity index (χ1n) is 4.96. The Morgan fingerprint density at radius 1 is 1.38 bits per heavy atom. The van der Waals surface area contributed by atoms with Crippen molar-refractivity contribution in [3.05, 3.63) is 23.9 Å². The molecule has 0 saturated carbocycles. The van der Waals surface area contributed by atoms with Gasteiger partial charge in [-0.05, 0) is 12.1 Å². The molecule has 1 aliphatic heterocycles. The molecule has 1 saturated heterocycles. The van der Waals surface area contributed by atoms with E-state index in [4.69, 9.17) is 5.73 Å². The monoisotopic (exact) mass is 223 g/mol. The summed E-state index contributed by atoms with van der Waals surface area (Å²) in [5, 5.41) is 18.7. The van der Waals surface area contributed by atoms with Crippen LogP contribution in [0.2, 0.25) is 0 Å². The zero-order valence-electron chi connectivity index (χ0n) is 8.58. The van der Waals surface area contributed by atoms with Gasteiger partial charge in [0, 0.05) is 13.1 Å². The number of carbonyl (C=O) groups excluding carboxylic acids is 1. The predicted octanol–water partition coefficient (Wildman–Crippen LogP) is -1.16. The van der Waals surface area contributed by atoms with Gasteiger partial charge in [0.05, 0.1) is 12.2 Å². The Labute approximate surface area is 92.3 Å². The normalized spacial score (nSPS) is 24.8. The van der Waals surface area contributed by atoms with Crippen molar-refractivity contribution in [2.24, 2.45) is 0 Å². The van der Waals surface area contributed by atoms with Gasteiger partial charge < -0.3 is 20.8 Å². The Morgan fingerprint density at radius 2 is 2.00 bits per heavy atom. The molecule has 1 aromatic rings. The van der Waals surface area contributed by atoms with E-state index < -0.39 is 12.2 Å². The Morgan fingerprint density at radius 3 is 2.56 bits per heavy atom. The minimum absolute atomic E-state index is 0.122. The molecule has 0 aliphatic carbocycles. The molecule has 0 radical (unpaired) electrons. The predicted molar refractivity (Wildman–Crippen MR) is 56.6 cm³/mol. The average molecular weight is 223 g/mol. The maximum atomic E-state index is 11.9. The van der Waals surface area contributed by atoms with Crippen LogP contribution in [0.1, 0.15) is 10.5 Å². The van der Waals surface area contributed by atoms with Gasteiger partial charge >= 0.3 is 0 Å². The number of amides is 1. The molecule has 2 rings (SSSR count). The number of nitrogens with two attached hydrogens (primary N) is 1. The molecule has 2 heterocycles. The summed E-state index contributed by atoms with van der Waals surface area (Å²) in [4.78, 5) is 17.1. The molecule has 6 heteroatoms. The van der Waals surface area contributed by atoms with E-state index in [2.05, 4.69) is 4.98 Å². The highest BCUT2D eigenvalue weighted by Crippen LogP contribution is 2.13. The van der Waals surface area contributed by atoms with Gasteiger partial charge in [0.2, 0.25) is 0 Å². The smallest absolute Gasteiger partial charge is 0.272 e. The Balaban J connectivity index is 2.14. The van der Waals surface area contributed by atoms with Crippen molar-refractivity contribution < 1.29 is 15.0 Å². The van der Waals surface area contributed by atoms with Crippen molar-refractivity contribution >= 4 is 11.7 Å². The van der Waals surface area contributed by atoms with E-state index in [1.807, 2.05) is 0 Å². The Hall–Kier alpha value is -1.66. The summed E-state index contributed by atoms with van der Waals surface area (Å²) >= 11 is 0. The molecule has 86 valence electrons. The highest BCUT2D eigenvalue weighted by Gasteiger charge is 2.33. The summed E-state index contributed by atoms with van der Waals surface area (Å²) < 4.78 is 0. The molecule has 2 unspecified atom stereocenters. The van der Waals surface area contributed by atoms with E-state index in [9.17, 15) is 15.0 Å². The fraction of sp³-hybridized carbons (Fsp3) is 0.400. The van der Waals surface area contributed by atoms with E-state index in [-0.39, 0.29) is 30.5 Å². The fourth-order valence-corrected chi connectivity index (χ4v) is 1.67. The SMILES string of the molecule is Nc1cccc(C(=O)N2CC(O)C(O)C2)n1. The van der Waals surface area contributed by atoms with Gasteiger partial charge in [0.25, 0.3) is 5.91 Å². The van der Waals surface area contributed by atoms with Crippen molar-refractivity contribution in [2.45, 2.75) is 12.2 Å². The molecule has 2 atom stereocenters. The zero-order chi connectivity index (χ0) is 11.7. The number of hydrogen-bond acceptors (Lipinski definition) is 5. The first-order valence-corrected chi connectivity index (χ1v) is 4.96. The molecule has 1 aromatic heterocycles. The average Bonchev–Trinajstić information content (AvgIpc) is 2.58. The number of nitrogen functional groups attached to an aromatic ring is 1. The number of aliphatic hydroxyl groups excluding tert-OH is 2. The lowest BCUT2D eigenvalue weighted by Gasteiger charge is -2.14. The van der Waals surface area contributed by atoms with Crippen LogP contribution >= 0.6 is 0 Å². The van der Waals surface area contributed by atoms with Gasteiger partial charge in [-0.15, -0.1) is 0 Å². The quantitative estimate of drug-likeness (QED) is 0.557. The Bertz CT molecular complexity index is 400. The lowest BCUT2D eigenvalue weighted by molar-refractivity contribution is 0.0572. The number of likely N-dealkylation sites (tertiary alicyclic amines) is 1. The van der Waals surface area contributed by atoms with Crippen LogP contribution in [0.4, 0.5) is 5.82 Å². The summed E-state index contributed by atoms with van der Waals surface area (Å²) in [5.41, 5.74) is 5.69. The van der Waals surface area contributed by atoms with Crippen LogP contribution in [0.25, 0.3) is 0 Å². The van der Waals surface area contributed by atoms with Crippen molar-refractivity contribution in [1.82, 2.24) is 9.88 Å². The van der Waals surface area contributed by atoms with Crippen molar-refractivity contribution in [3.63, 3.8) is 0 Å². The zero-order valence-corrected chi connectivity index (χ0v) is 8.58. The number of hydrogen-bond donors (Lipinski definition) is 3. The third-order valence-electron chi connectivity index (χ3n) is 2.54. The maximum Gasteiger partial charge on any atom is 0.272 e. The lowest BCUT2D eigenvalue weighted by Crippen LogP contribution is -2.30. The van der Waals surface area contributed by atoms with Crippen LogP contribution in [-0.2, 0) is 0 Å². The van der Waals surface area contributed by atoms with Gasteiger partial charge in [0.1, 0.15) is 11.5 Å². The number of aromatic nitrogens is 1. The van der Waals surface area contributed by atoms with Gasteiger partial charge in [-0.2, -0.15) is 0 Å². The molecule has 1 fully saturated rings. The van der Waals surface area contributed by atoms with Crippen molar-refractivity contribution in [3.8, 4) is 0 Å². The standard InChI is InChI=1S/C10H13N3O3/c11-9-3-1-2-6(12-9)10(16)13-4-7(14)8(15)5-13/h1-3,7-8,14-15H,4-5H2,(H2,11,12). The maximum absolute atomic E-state index is 11.9. The van der Waals surface area contributed by atoms with Gasteiger partial charge in [-0.25, -0.2) is 4.98 Å². The molecule has 1 aliphatic rings. The molecule has 0 spiro atoms. The third kappa shape index (κ3) is 1.98. The summed E-state index contributed by atoms with van der Waals surface area (Å²) in [6, 6.07) is 4.78. The summed E-state index contributed by atoms with van der Waals surface area (Å²) in [7, 11) is 0. The molecule has 1 amide bonds. The summed E-state index contributed by atoms with van der Waals surface area (Å²) in [5.74, 6) is -0.0611. The van der Waals surface area contributed by atoms with Crippen LogP contribution in [0, 0.1) is 0 Å². The molecular weight excluding hydrogens is 210 g/mol. The van der Waals surface area contributed by atoms with Crippen LogP contribution in [-0.4, -0.2) is 51.3 Å². The van der Waals surface area contributed by atoms with Crippen LogP contribution in [0.5, 0.6) is 0 Å². The van der Waals surface area contributed by atoms with E-state index in [0.717, 1.165) is 0 Å². The summed E-state index contributed by atoms with van der Waals surface area (Å²) in [6.45, 7) is 0.243. The molecular formula is C10H13N3O3. The summed E-state index contributed by atoms with van der Waals surface area (Å²) in [6.07, 6.45) is -1.77. The highest BCUT2D eigenvalue weighted by atomic mass is 16.3. The second kappa shape index (κ2) is 4.07. The number of β-amino-alcohol motifs (C(OH)–C–C–N with tert-alkyl or cyclic N) is 2. The van der Waals surface area contributed by atoms with Crippen molar-refractivity contribution in [2.75, 3.05) is 18.8 Å². The van der Waals surface area contributed by atoms with Crippen molar-refractivity contribution in [1.29, 1.82) is 0 Å². The van der Waals surface area contributed by atoms with Gasteiger partial charge in [0.15, 0.2) is 0 Å². The second-order valence-corrected chi connectivity index (χ2v) is 3.79. The minimum atomic E-state index is -0.884. The van der Waals surface area contributed by atoms with E-state index in [1.165, 1.54) is 4.90 Å². The number of rotatable bonds is 1. The highest BCUT2D eigenvalue weighted by molar-refractivity contribution is 5.92. The van der Waals surface area contributed by atoms with Gasteiger partial charge in [-0.3, -0.25) is 4.79 Å². The molecule has 0 bridgehead atoms. The Kier molecular flexibility index (Phi) is 2.76. The van der Waals surface area contributed by atoms with Gasteiger partial charge in [-0.1, -0.05) is 6.07 Å². The number of nitrogens with zero attached hydrogens (tertiary/aromatic N) is 2. The topological polar surface area (TPSA) is 99.7 Å². The lowest BCUT2D eigenvalue weighted by atomic mass is 10.3. The number of carbonyl (C=O) groups is 1. The van der Waals surface area contributed by atoms with E-state index in [0.29, 0.717) is 0 Å². The first-order chi connectivity index (χ1) is 7.58. The largest absolute Gasteiger partial charge is 0.388 e. The number of aliphatic hydroxyl groups is 2. The minimum Gasteiger partial charge on any atom is -0.388 e. The molecule has 6 nitrogen and oxygen atoms in total. The number of anilines is 1. The van der Waals surface area contributed by atoms with Crippen LogP contribution < -0.4 is 5.73 Å². The molecule has 0 aromatic carbocycles. The third-order valence-corrected chi connectivity index (χ3v) is 2.54. The van der Waals surface area contributed by atoms with Crippen LogP contribution in [0.15, 0.2) is 18.2 Å². The molecule has 16 heavy (non-hydrogen) atoms. The second-order valence-electron chi connectivity index (χ2n) is 3.79. The van der Waals surface area contributed by atoms with Crippen LogP contribution in [0.3, 0.4) is 0 Å². The van der Waals surface area contributed by atoms with E-state index in [1.54, 1.807) is 18.2 Å². The van der Waals surface area contributed by atoms with E-state index >= 15 is 0 Å². The fourth-order valence-electron chi connectivity index (χ4n) is 1.67.